The van der Waals surface area contributed by atoms with Gasteiger partial charge in [0.05, 0.1) is 7.11 Å². The number of benzene rings is 2. The first kappa shape index (κ1) is 14.7. The Kier molecular flexibility index (Phi) is 4.90. The van der Waals surface area contributed by atoms with Gasteiger partial charge >= 0.3 is 0 Å². The maximum Gasteiger partial charge on any atom is 0.141 e. The molecule has 0 fully saturated rings. The Balaban J connectivity index is 2.03. The van der Waals surface area contributed by atoms with Crippen LogP contribution in [0.4, 0.5) is 4.39 Å². The van der Waals surface area contributed by atoms with Crippen LogP contribution >= 0.6 is 15.9 Å². The summed E-state index contributed by atoms with van der Waals surface area (Å²) in [7, 11) is 1.60. The predicted molar refractivity (Wildman–Crippen MR) is 79.5 cm³/mol. The Morgan fingerprint density at radius 1 is 1.15 bits per heavy atom. The lowest BCUT2D eigenvalue weighted by molar-refractivity contribution is -0.117. The molecule has 2 aromatic rings. The highest BCUT2D eigenvalue weighted by Gasteiger charge is 2.09. The number of halogens is 2. The summed E-state index contributed by atoms with van der Waals surface area (Å²) in [4.78, 5) is 12.0. The van der Waals surface area contributed by atoms with E-state index in [1.807, 2.05) is 24.3 Å². The largest absolute Gasteiger partial charge is 0.497 e. The van der Waals surface area contributed by atoms with Gasteiger partial charge in [-0.05, 0) is 41.5 Å². The number of rotatable bonds is 5. The van der Waals surface area contributed by atoms with Gasteiger partial charge in [0.2, 0.25) is 0 Å². The van der Waals surface area contributed by atoms with Crippen molar-refractivity contribution in [1.29, 1.82) is 0 Å². The Morgan fingerprint density at radius 3 is 2.50 bits per heavy atom. The van der Waals surface area contributed by atoms with Gasteiger partial charge in [-0.2, -0.15) is 0 Å². The van der Waals surface area contributed by atoms with E-state index in [9.17, 15) is 9.18 Å². The minimum atomic E-state index is -0.333. The third kappa shape index (κ3) is 3.90. The molecule has 0 aliphatic heterocycles. The summed E-state index contributed by atoms with van der Waals surface area (Å²) >= 11 is 3.33. The second kappa shape index (κ2) is 6.66. The topological polar surface area (TPSA) is 26.3 Å². The van der Waals surface area contributed by atoms with E-state index in [1.54, 1.807) is 13.2 Å². The molecule has 0 radical (unpaired) electrons. The van der Waals surface area contributed by atoms with Crippen LogP contribution in [0.3, 0.4) is 0 Å². The van der Waals surface area contributed by atoms with Crippen molar-refractivity contribution in [1.82, 2.24) is 0 Å². The number of carbonyl (C=O) groups is 1. The average molecular weight is 337 g/mol. The van der Waals surface area contributed by atoms with Crippen molar-refractivity contribution in [2.24, 2.45) is 0 Å². The number of hydrogen-bond acceptors (Lipinski definition) is 2. The predicted octanol–water partition coefficient (Wildman–Crippen LogP) is 3.95. The highest BCUT2D eigenvalue weighted by Crippen LogP contribution is 2.19. The molecule has 0 heterocycles. The van der Waals surface area contributed by atoms with Crippen LogP contribution in [0.25, 0.3) is 0 Å². The third-order valence-electron chi connectivity index (χ3n) is 2.96. The van der Waals surface area contributed by atoms with E-state index in [4.69, 9.17) is 4.74 Å². The van der Waals surface area contributed by atoms with Crippen molar-refractivity contribution in [3.8, 4) is 5.75 Å². The lowest BCUT2D eigenvalue weighted by atomic mass is 10.0. The molecule has 0 atom stereocenters. The van der Waals surface area contributed by atoms with Gasteiger partial charge in [0, 0.05) is 17.3 Å². The molecule has 0 saturated heterocycles. The quantitative estimate of drug-likeness (QED) is 0.826. The summed E-state index contributed by atoms with van der Waals surface area (Å²) in [5.74, 6) is 0.469. The van der Waals surface area contributed by atoms with Crippen molar-refractivity contribution in [3.05, 3.63) is 63.9 Å². The zero-order valence-electron chi connectivity index (χ0n) is 11.0. The maximum absolute atomic E-state index is 13.2. The summed E-state index contributed by atoms with van der Waals surface area (Å²) in [5.41, 5.74) is 1.59. The second-order valence-electron chi connectivity index (χ2n) is 4.48. The molecule has 0 N–H and O–H groups in total. The minimum Gasteiger partial charge on any atom is -0.497 e. The van der Waals surface area contributed by atoms with Crippen LogP contribution in [0.15, 0.2) is 46.9 Å². The number of methoxy groups -OCH3 is 1. The van der Waals surface area contributed by atoms with E-state index >= 15 is 0 Å². The van der Waals surface area contributed by atoms with E-state index in [2.05, 4.69) is 15.9 Å². The van der Waals surface area contributed by atoms with Crippen LogP contribution in [0, 0.1) is 5.82 Å². The van der Waals surface area contributed by atoms with E-state index in [-0.39, 0.29) is 18.0 Å². The summed E-state index contributed by atoms with van der Waals surface area (Å²) < 4.78 is 19.0. The summed E-state index contributed by atoms with van der Waals surface area (Å²) in [6, 6.07) is 11.7. The third-order valence-corrected chi connectivity index (χ3v) is 3.73. The number of ether oxygens (including phenoxy) is 1. The molecular weight excluding hydrogens is 323 g/mol. The van der Waals surface area contributed by atoms with Gasteiger partial charge < -0.3 is 4.74 Å². The Hall–Kier alpha value is -1.68. The fraction of sp³-hybridized carbons (Fsp3) is 0.188. The van der Waals surface area contributed by atoms with Gasteiger partial charge in [0.15, 0.2) is 0 Å². The number of hydrogen-bond donors (Lipinski definition) is 0. The zero-order valence-corrected chi connectivity index (χ0v) is 12.6. The minimum absolute atomic E-state index is 0.0430. The molecule has 0 aromatic heterocycles. The smallest absolute Gasteiger partial charge is 0.141 e. The molecule has 0 amide bonds. The van der Waals surface area contributed by atoms with Crippen molar-refractivity contribution in [3.63, 3.8) is 0 Å². The molecule has 2 aromatic carbocycles. The van der Waals surface area contributed by atoms with E-state index in [1.165, 1.54) is 12.1 Å². The van der Waals surface area contributed by atoms with Gasteiger partial charge in [-0.1, -0.05) is 28.1 Å². The van der Waals surface area contributed by atoms with Crippen LogP contribution < -0.4 is 4.74 Å². The van der Waals surface area contributed by atoms with E-state index in [0.717, 1.165) is 15.8 Å². The molecule has 20 heavy (non-hydrogen) atoms. The molecule has 0 bridgehead atoms. The number of ketones is 1. The first-order valence-corrected chi connectivity index (χ1v) is 6.96. The molecule has 0 aliphatic rings. The molecule has 2 rings (SSSR count). The molecule has 0 unspecified atom stereocenters. The van der Waals surface area contributed by atoms with Crippen LogP contribution in [0.2, 0.25) is 0 Å². The van der Waals surface area contributed by atoms with Gasteiger partial charge in [0.1, 0.15) is 17.3 Å². The first-order chi connectivity index (χ1) is 9.58. The Bertz CT molecular complexity index is 608. The second-order valence-corrected chi connectivity index (χ2v) is 5.33. The Morgan fingerprint density at radius 2 is 1.85 bits per heavy atom. The van der Waals surface area contributed by atoms with Crippen LogP contribution in [-0.4, -0.2) is 12.9 Å². The SMILES string of the molecule is COc1ccc(CC(=O)Cc2cc(F)ccc2Br)cc1. The summed E-state index contributed by atoms with van der Waals surface area (Å²) in [6.07, 6.45) is 0.539. The van der Waals surface area contributed by atoms with Crippen LogP contribution in [0.1, 0.15) is 11.1 Å². The van der Waals surface area contributed by atoms with Crippen LogP contribution in [0.5, 0.6) is 5.75 Å². The van der Waals surface area contributed by atoms with Gasteiger partial charge in [0.25, 0.3) is 0 Å². The fourth-order valence-corrected chi connectivity index (χ4v) is 2.31. The zero-order chi connectivity index (χ0) is 14.5. The first-order valence-electron chi connectivity index (χ1n) is 6.17. The summed E-state index contributed by atoms with van der Waals surface area (Å²) in [5, 5.41) is 0. The molecule has 2 nitrogen and oxygen atoms in total. The van der Waals surface area contributed by atoms with Crippen molar-refractivity contribution >= 4 is 21.7 Å². The standard InChI is InChI=1S/C16H14BrFO2/c1-20-15-5-2-11(3-6-15)8-14(19)10-12-9-13(18)4-7-16(12)17/h2-7,9H,8,10H2,1H3. The lowest BCUT2D eigenvalue weighted by Gasteiger charge is -2.05. The van der Waals surface area contributed by atoms with Crippen molar-refractivity contribution in [2.45, 2.75) is 12.8 Å². The average Bonchev–Trinajstić information content (AvgIpc) is 2.43. The van der Waals surface area contributed by atoms with E-state index < -0.39 is 0 Å². The van der Waals surface area contributed by atoms with Crippen LogP contribution in [-0.2, 0) is 17.6 Å². The van der Waals surface area contributed by atoms with Crippen molar-refractivity contribution < 1.29 is 13.9 Å². The highest BCUT2D eigenvalue weighted by molar-refractivity contribution is 9.10. The van der Waals surface area contributed by atoms with Gasteiger partial charge in [-0.3, -0.25) is 4.79 Å². The molecule has 104 valence electrons. The Labute approximate surface area is 125 Å². The molecule has 0 saturated carbocycles. The van der Waals surface area contributed by atoms with E-state index in [0.29, 0.717) is 12.0 Å². The number of Topliss-reactive ketones (excluding diaryl/α,β-unsaturated/α-hetero) is 1. The normalized spacial score (nSPS) is 10.3. The number of carbonyl (C=O) groups excluding carboxylic acids is 1. The molecule has 4 heteroatoms. The van der Waals surface area contributed by atoms with Gasteiger partial charge in [-0.25, -0.2) is 4.39 Å². The maximum atomic E-state index is 13.2. The van der Waals surface area contributed by atoms with Gasteiger partial charge in [-0.15, -0.1) is 0 Å². The lowest BCUT2D eigenvalue weighted by Crippen LogP contribution is -2.07. The molecular formula is C16H14BrFO2. The summed E-state index contributed by atoms with van der Waals surface area (Å²) in [6.45, 7) is 0. The fourth-order valence-electron chi connectivity index (χ4n) is 1.92. The molecule has 0 aliphatic carbocycles. The van der Waals surface area contributed by atoms with Crippen molar-refractivity contribution in [2.75, 3.05) is 7.11 Å². The molecule has 0 spiro atoms. The monoisotopic (exact) mass is 336 g/mol. The highest BCUT2D eigenvalue weighted by atomic mass is 79.9.